The van der Waals surface area contributed by atoms with E-state index in [-0.39, 0.29) is 0 Å². The number of nitrogens with two attached hydrogens (primary N) is 1. The second kappa shape index (κ2) is 7.68. The molecule has 0 bridgehead atoms. The average Bonchev–Trinajstić information content (AvgIpc) is 2.72. The lowest BCUT2D eigenvalue weighted by atomic mass is 10.4. The van der Waals surface area contributed by atoms with E-state index in [0.29, 0.717) is 13.2 Å². The van der Waals surface area contributed by atoms with Crippen molar-refractivity contribution in [1.82, 2.24) is 9.88 Å². The summed E-state index contributed by atoms with van der Waals surface area (Å²) in [5.74, 6) is 0. The van der Waals surface area contributed by atoms with Gasteiger partial charge in [0.2, 0.25) is 0 Å². The van der Waals surface area contributed by atoms with Crippen molar-refractivity contribution in [3.05, 3.63) is 10.6 Å². The molecule has 0 spiro atoms. The molecule has 0 aliphatic rings. The first kappa shape index (κ1) is 15.4. The SMILES string of the molecule is COCc1nc(N(C)CCCN(C)C)sc1CN. The highest BCUT2D eigenvalue weighted by atomic mass is 32.1. The first-order chi connectivity index (χ1) is 8.58. The van der Waals surface area contributed by atoms with Gasteiger partial charge in [-0.2, -0.15) is 0 Å². The molecule has 0 fully saturated rings. The van der Waals surface area contributed by atoms with Crippen LogP contribution in [0.15, 0.2) is 0 Å². The topological polar surface area (TPSA) is 54.6 Å². The molecule has 2 N–H and O–H groups in total. The predicted octanol–water partition coefficient (Wildman–Crippen LogP) is 1.14. The summed E-state index contributed by atoms with van der Waals surface area (Å²) in [5, 5.41) is 1.03. The van der Waals surface area contributed by atoms with Gasteiger partial charge in [-0.1, -0.05) is 0 Å². The van der Waals surface area contributed by atoms with Crippen LogP contribution in [0.2, 0.25) is 0 Å². The van der Waals surface area contributed by atoms with Crippen molar-refractivity contribution in [3.8, 4) is 0 Å². The van der Waals surface area contributed by atoms with Crippen molar-refractivity contribution >= 4 is 16.5 Å². The van der Waals surface area contributed by atoms with Crippen molar-refractivity contribution < 1.29 is 4.74 Å². The number of thiazole rings is 1. The minimum atomic E-state index is 0.530. The molecule has 1 aromatic rings. The molecule has 0 amide bonds. The Morgan fingerprint density at radius 2 is 2.00 bits per heavy atom. The highest BCUT2D eigenvalue weighted by molar-refractivity contribution is 7.15. The fraction of sp³-hybridized carbons (Fsp3) is 0.750. The first-order valence-corrected chi connectivity index (χ1v) is 6.93. The van der Waals surface area contributed by atoms with E-state index in [1.807, 2.05) is 0 Å². The Morgan fingerprint density at radius 1 is 1.28 bits per heavy atom. The van der Waals surface area contributed by atoms with Crippen LogP contribution in [0, 0.1) is 0 Å². The molecule has 0 aromatic carbocycles. The van der Waals surface area contributed by atoms with Crippen LogP contribution in [0.4, 0.5) is 5.13 Å². The van der Waals surface area contributed by atoms with E-state index in [2.05, 4.69) is 35.9 Å². The van der Waals surface area contributed by atoms with E-state index in [1.54, 1.807) is 18.4 Å². The number of methoxy groups -OCH3 is 1. The largest absolute Gasteiger partial charge is 0.378 e. The van der Waals surface area contributed by atoms with Crippen molar-refractivity contribution in [2.45, 2.75) is 19.6 Å². The van der Waals surface area contributed by atoms with Crippen molar-refractivity contribution in [1.29, 1.82) is 0 Å². The molecule has 18 heavy (non-hydrogen) atoms. The molecule has 0 aliphatic heterocycles. The van der Waals surface area contributed by atoms with Crippen molar-refractivity contribution in [2.75, 3.05) is 46.2 Å². The Kier molecular flexibility index (Phi) is 6.56. The number of rotatable bonds is 8. The molecule has 1 heterocycles. The summed E-state index contributed by atoms with van der Waals surface area (Å²) < 4.78 is 5.14. The Balaban J connectivity index is 2.59. The minimum Gasteiger partial charge on any atom is -0.378 e. The molecule has 6 heteroatoms. The summed E-state index contributed by atoms with van der Waals surface area (Å²) in [6.07, 6.45) is 1.13. The van der Waals surface area contributed by atoms with Crippen LogP contribution in [0.25, 0.3) is 0 Å². The zero-order valence-corrected chi connectivity index (χ0v) is 12.6. The van der Waals surface area contributed by atoms with Crippen LogP contribution in [0.5, 0.6) is 0 Å². The quantitative estimate of drug-likeness (QED) is 0.769. The summed E-state index contributed by atoms with van der Waals surface area (Å²) in [6, 6.07) is 0. The third-order valence-electron chi connectivity index (χ3n) is 2.66. The first-order valence-electron chi connectivity index (χ1n) is 6.12. The molecule has 0 radical (unpaired) electrons. The van der Waals surface area contributed by atoms with E-state index in [1.165, 1.54) is 0 Å². The standard InChI is InChI=1S/C12H24N4OS/c1-15(2)6-5-7-16(3)12-14-10(9-17-4)11(8-13)18-12/h5-9,13H2,1-4H3. The lowest BCUT2D eigenvalue weighted by Gasteiger charge is -2.17. The van der Waals surface area contributed by atoms with E-state index < -0.39 is 0 Å². The van der Waals surface area contributed by atoms with E-state index in [9.17, 15) is 0 Å². The number of nitrogens with zero attached hydrogens (tertiary/aromatic N) is 3. The van der Waals surface area contributed by atoms with Gasteiger partial charge in [-0.25, -0.2) is 4.98 Å². The molecule has 104 valence electrons. The Bertz CT molecular complexity index is 354. The van der Waals surface area contributed by atoms with Crippen LogP contribution < -0.4 is 10.6 Å². The molecular formula is C12H24N4OS. The smallest absolute Gasteiger partial charge is 0.185 e. The molecule has 0 atom stereocenters. The van der Waals surface area contributed by atoms with Gasteiger partial charge in [-0.05, 0) is 27.1 Å². The monoisotopic (exact) mass is 272 g/mol. The van der Waals surface area contributed by atoms with Gasteiger partial charge in [0.25, 0.3) is 0 Å². The molecule has 0 unspecified atom stereocenters. The lowest BCUT2D eigenvalue weighted by molar-refractivity contribution is 0.181. The molecule has 0 saturated heterocycles. The number of aromatic nitrogens is 1. The molecule has 0 saturated carbocycles. The van der Waals surface area contributed by atoms with Gasteiger partial charge in [-0.3, -0.25) is 0 Å². The van der Waals surface area contributed by atoms with E-state index >= 15 is 0 Å². The molecule has 0 aliphatic carbocycles. The fourth-order valence-corrected chi connectivity index (χ4v) is 2.59. The molecule has 1 aromatic heterocycles. The minimum absolute atomic E-state index is 0.530. The summed E-state index contributed by atoms with van der Waals surface area (Å²) in [6.45, 7) is 3.16. The van der Waals surface area contributed by atoms with Gasteiger partial charge < -0.3 is 20.3 Å². The Labute approximate surface area is 114 Å². The number of hydrogen-bond acceptors (Lipinski definition) is 6. The van der Waals surface area contributed by atoms with Gasteiger partial charge in [0.1, 0.15) is 0 Å². The maximum absolute atomic E-state index is 5.72. The lowest BCUT2D eigenvalue weighted by Crippen LogP contribution is -2.23. The number of ether oxygens (including phenoxy) is 1. The van der Waals surface area contributed by atoms with Gasteiger partial charge >= 0.3 is 0 Å². The zero-order valence-electron chi connectivity index (χ0n) is 11.8. The van der Waals surface area contributed by atoms with E-state index in [4.69, 9.17) is 10.5 Å². The van der Waals surface area contributed by atoms with Gasteiger partial charge in [0, 0.05) is 32.1 Å². The highest BCUT2D eigenvalue weighted by Crippen LogP contribution is 2.25. The van der Waals surface area contributed by atoms with Gasteiger partial charge in [0.05, 0.1) is 12.3 Å². The van der Waals surface area contributed by atoms with Crippen LogP contribution >= 0.6 is 11.3 Å². The van der Waals surface area contributed by atoms with Crippen LogP contribution in [0.1, 0.15) is 17.0 Å². The third kappa shape index (κ3) is 4.53. The second-order valence-corrected chi connectivity index (χ2v) is 5.64. The van der Waals surface area contributed by atoms with Gasteiger partial charge in [-0.15, -0.1) is 11.3 Å². The normalized spacial score (nSPS) is 11.2. The van der Waals surface area contributed by atoms with Crippen LogP contribution in [-0.4, -0.2) is 51.2 Å². The molecule has 1 rings (SSSR count). The van der Waals surface area contributed by atoms with Crippen LogP contribution in [0.3, 0.4) is 0 Å². The number of hydrogen-bond donors (Lipinski definition) is 1. The maximum atomic E-state index is 5.72. The molecule has 5 nitrogen and oxygen atoms in total. The maximum Gasteiger partial charge on any atom is 0.185 e. The fourth-order valence-electron chi connectivity index (χ4n) is 1.66. The summed E-state index contributed by atoms with van der Waals surface area (Å²) in [7, 11) is 7.94. The van der Waals surface area contributed by atoms with Crippen molar-refractivity contribution in [3.63, 3.8) is 0 Å². The summed E-state index contributed by atoms with van der Waals surface area (Å²) in [4.78, 5) is 10.1. The average molecular weight is 272 g/mol. The highest BCUT2D eigenvalue weighted by Gasteiger charge is 2.12. The van der Waals surface area contributed by atoms with Crippen LogP contribution in [-0.2, 0) is 17.9 Å². The predicted molar refractivity (Wildman–Crippen MR) is 77.2 cm³/mol. The summed E-state index contributed by atoms with van der Waals surface area (Å²) >= 11 is 1.66. The molecular weight excluding hydrogens is 248 g/mol. The van der Waals surface area contributed by atoms with Gasteiger partial charge in [0.15, 0.2) is 5.13 Å². The number of anilines is 1. The second-order valence-electron chi connectivity index (χ2n) is 4.58. The van der Waals surface area contributed by atoms with E-state index in [0.717, 1.165) is 35.2 Å². The Hall–Kier alpha value is -0.690. The van der Waals surface area contributed by atoms with Crippen molar-refractivity contribution in [2.24, 2.45) is 5.73 Å². The Morgan fingerprint density at radius 3 is 2.56 bits per heavy atom. The summed E-state index contributed by atoms with van der Waals surface area (Å²) in [5.41, 5.74) is 6.70. The third-order valence-corrected chi connectivity index (χ3v) is 3.89. The zero-order chi connectivity index (χ0) is 13.5.